The van der Waals surface area contributed by atoms with Crippen LogP contribution in [0.3, 0.4) is 0 Å². The Labute approximate surface area is 159 Å². The number of carbonyl (C=O) groups excluding carboxylic acids is 2. The van der Waals surface area contributed by atoms with Gasteiger partial charge in [-0.1, -0.05) is 18.2 Å². The number of anilines is 1. The van der Waals surface area contributed by atoms with Crippen LogP contribution in [0, 0.1) is 13.8 Å². The van der Waals surface area contributed by atoms with Gasteiger partial charge in [0.05, 0.1) is 13.2 Å². The van der Waals surface area contributed by atoms with E-state index in [0.717, 1.165) is 11.1 Å². The number of nitrogens with one attached hydrogen (secondary N) is 1. The molecule has 27 heavy (non-hydrogen) atoms. The molecule has 0 spiro atoms. The number of ether oxygens (including phenoxy) is 2. The van der Waals surface area contributed by atoms with Gasteiger partial charge in [0.25, 0.3) is 11.8 Å². The van der Waals surface area contributed by atoms with Gasteiger partial charge in [-0.15, -0.1) is 0 Å². The second kappa shape index (κ2) is 8.68. The Bertz CT molecular complexity index is 829. The maximum atomic E-state index is 12.6. The van der Waals surface area contributed by atoms with Crippen molar-refractivity contribution >= 4 is 17.5 Å². The summed E-state index contributed by atoms with van der Waals surface area (Å²) in [7, 11) is 0. The van der Waals surface area contributed by atoms with Crippen molar-refractivity contribution in [2.75, 3.05) is 38.2 Å². The minimum absolute atomic E-state index is 0.0546. The van der Waals surface area contributed by atoms with Gasteiger partial charge in [0.15, 0.2) is 6.61 Å². The summed E-state index contributed by atoms with van der Waals surface area (Å²) in [6.45, 7) is 6.09. The molecule has 0 radical (unpaired) electrons. The zero-order valence-corrected chi connectivity index (χ0v) is 15.7. The molecule has 0 bridgehead atoms. The lowest BCUT2D eigenvalue weighted by molar-refractivity contribution is -0.118. The zero-order valence-electron chi connectivity index (χ0n) is 15.7. The lowest BCUT2D eigenvalue weighted by atomic mass is 10.1. The topological polar surface area (TPSA) is 67.9 Å². The Morgan fingerprint density at radius 3 is 2.67 bits per heavy atom. The van der Waals surface area contributed by atoms with Crippen molar-refractivity contribution in [3.63, 3.8) is 0 Å². The first kappa shape index (κ1) is 18.9. The average Bonchev–Trinajstić information content (AvgIpc) is 2.69. The molecule has 2 amide bonds. The van der Waals surface area contributed by atoms with Crippen LogP contribution in [0.25, 0.3) is 0 Å². The molecule has 1 saturated heterocycles. The van der Waals surface area contributed by atoms with Gasteiger partial charge in [0, 0.05) is 24.3 Å². The molecule has 1 aliphatic heterocycles. The number of hydrogen-bond acceptors (Lipinski definition) is 4. The molecule has 1 N–H and O–H groups in total. The normalized spacial score (nSPS) is 13.9. The molecule has 0 atom stereocenters. The Balaban J connectivity index is 1.59. The molecule has 3 rings (SSSR count). The minimum atomic E-state index is -0.271. The first-order valence-corrected chi connectivity index (χ1v) is 9.00. The number of hydrogen-bond donors (Lipinski definition) is 1. The Hall–Kier alpha value is -2.86. The largest absolute Gasteiger partial charge is 0.483 e. The standard InChI is InChI=1S/C21H24N2O4/c1-15-6-7-16(2)19(12-15)27-14-20(24)22-18-5-3-4-17(13-18)21(25)23-8-10-26-11-9-23/h3-7,12-13H,8-11,14H2,1-2H3,(H,22,24). The Morgan fingerprint density at radius 1 is 1.11 bits per heavy atom. The summed E-state index contributed by atoms with van der Waals surface area (Å²) in [4.78, 5) is 26.5. The summed E-state index contributed by atoms with van der Waals surface area (Å²) in [6.07, 6.45) is 0. The monoisotopic (exact) mass is 368 g/mol. The summed E-state index contributed by atoms with van der Waals surface area (Å²) >= 11 is 0. The molecular weight excluding hydrogens is 344 g/mol. The van der Waals surface area contributed by atoms with Crippen LogP contribution < -0.4 is 10.1 Å². The average molecular weight is 368 g/mol. The molecule has 2 aromatic carbocycles. The van der Waals surface area contributed by atoms with E-state index in [-0.39, 0.29) is 18.4 Å². The van der Waals surface area contributed by atoms with Gasteiger partial charge >= 0.3 is 0 Å². The minimum Gasteiger partial charge on any atom is -0.483 e. The summed E-state index contributed by atoms with van der Waals surface area (Å²) in [5.74, 6) is 0.370. The number of rotatable bonds is 5. The molecule has 0 unspecified atom stereocenters. The van der Waals surface area contributed by atoms with Crippen molar-refractivity contribution in [2.45, 2.75) is 13.8 Å². The second-order valence-corrected chi connectivity index (χ2v) is 6.59. The van der Waals surface area contributed by atoms with Crippen molar-refractivity contribution in [1.82, 2.24) is 4.90 Å². The van der Waals surface area contributed by atoms with E-state index in [4.69, 9.17) is 9.47 Å². The second-order valence-electron chi connectivity index (χ2n) is 6.59. The number of nitrogens with zero attached hydrogens (tertiary/aromatic N) is 1. The van der Waals surface area contributed by atoms with Gasteiger partial charge in [-0.3, -0.25) is 9.59 Å². The Kier molecular flexibility index (Phi) is 6.08. The van der Waals surface area contributed by atoms with Crippen LogP contribution in [-0.2, 0) is 9.53 Å². The van der Waals surface area contributed by atoms with Crippen molar-refractivity contribution in [3.05, 3.63) is 59.2 Å². The number of morpholine rings is 1. The molecule has 142 valence electrons. The molecule has 1 fully saturated rings. The third-order valence-electron chi connectivity index (χ3n) is 4.39. The number of amides is 2. The molecule has 0 saturated carbocycles. The highest BCUT2D eigenvalue weighted by Crippen LogP contribution is 2.19. The highest BCUT2D eigenvalue weighted by Gasteiger charge is 2.18. The highest BCUT2D eigenvalue weighted by molar-refractivity contribution is 5.97. The van der Waals surface area contributed by atoms with Gasteiger partial charge < -0.3 is 19.7 Å². The van der Waals surface area contributed by atoms with Crippen LogP contribution in [0.1, 0.15) is 21.5 Å². The summed E-state index contributed by atoms with van der Waals surface area (Å²) in [6, 6.07) is 12.8. The van der Waals surface area contributed by atoms with E-state index in [1.54, 1.807) is 29.2 Å². The van der Waals surface area contributed by atoms with E-state index in [1.165, 1.54) is 0 Å². The van der Waals surface area contributed by atoms with Crippen LogP contribution in [0.4, 0.5) is 5.69 Å². The third kappa shape index (κ3) is 5.08. The fraction of sp³-hybridized carbons (Fsp3) is 0.333. The lowest BCUT2D eigenvalue weighted by Crippen LogP contribution is -2.40. The predicted octanol–water partition coefficient (Wildman–Crippen LogP) is 2.79. The van der Waals surface area contributed by atoms with Crippen molar-refractivity contribution < 1.29 is 19.1 Å². The predicted molar refractivity (Wildman–Crippen MR) is 103 cm³/mol. The SMILES string of the molecule is Cc1ccc(C)c(OCC(=O)Nc2cccc(C(=O)N3CCOCC3)c2)c1. The highest BCUT2D eigenvalue weighted by atomic mass is 16.5. The number of carbonyl (C=O) groups is 2. The van der Waals surface area contributed by atoms with E-state index in [0.29, 0.717) is 43.3 Å². The molecule has 6 nitrogen and oxygen atoms in total. The maximum Gasteiger partial charge on any atom is 0.262 e. The van der Waals surface area contributed by atoms with E-state index < -0.39 is 0 Å². The molecule has 0 aliphatic carbocycles. The summed E-state index contributed by atoms with van der Waals surface area (Å²) in [5.41, 5.74) is 3.17. The van der Waals surface area contributed by atoms with Gasteiger partial charge in [-0.25, -0.2) is 0 Å². The van der Waals surface area contributed by atoms with Crippen molar-refractivity contribution in [1.29, 1.82) is 0 Å². The fourth-order valence-electron chi connectivity index (χ4n) is 2.88. The van der Waals surface area contributed by atoms with Crippen LogP contribution in [0.5, 0.6) is 5.75 Å². The van der Waals surface area contributed by atoms with Gasteiger partial charge in [-0.2, -0.15) is 0 Å². The zero-order chi connectivity index (χ0) is 19.2. The fourth-order valence-corrected chi connectivity index (χ4v) is 2.88. The molecule has 1 heterocycles. The van der Waals surface area contributed by atoms with Crippen molar-refractivity contribution in [3.8, 4) is 5.75 Å². The first-order valence-electron chi connectivity index (χ1n) is 9.00. The smallest absolute Gasteiger partial charge is 0.262 e. The van der Waals surface area contributed by atoms with E-state index in [2.05, 4.69) is 5.32 Å². The van der Waals surface area contributed by atoms with E-state index in [1.807, 2.05) is 32.0 Å². The number of benzene rings is 2. The van der Waals surface area contributed by atoms with Crippen LogP contribution in [-0.4, -0.2) is 49.6 Å². The summed E-state index contributed by atoms with van der Waals surface area (Å²) < 4.78 is 10.9. The number of aryl methyl sites for hydroxylation is 2. The van der Waals surface area contributed by atoms with Crippen LogP contribution >= 0.6 is 0 Å². The van der Waals surface area contributed by atoms with Crippen LogP contribution in [0.15, 0.2) is 42.5 Å². The van der Waals surface area contributed by atoms with Crippen LogP contribution in [0.2, 0.25) is 0 Å². The molecule has 2 aromatic rings. The summed E-state index contributed by atoms with van der Waals surface area (Å²) in [5, 5.41) is 2.79. The molecule has 0 aromatic heterocycles. The van der Waals surface area contributed by atoms with Gasteiger partial charge in [-0.05, 0) is 49.2 Å². The molecule has 1 aliphatic rings. The quantitative estimate of drug-likeness (QED) is 0.881. The van der Waals surface area contributed by atoms with Crippen molar-refractivity contribution in [2.24, 2.45) is 0 Å². The van der Waals surface area contributed by atoms with E-state index >= 15 is 0 Å². The lowest BCUT2D eigenvalue weighted by Gasteiger charge is -2.27. The third-order valence-corrected chi connectivity index (χ3v) is 4.39. The molecule has 6 heteroatoms. The van der Waals surface area contributed by atoms with E-state index in [9.17, 15) is 9.59 Å². The maximum absolute atomic E-state index is 12.6. The van der Waals surface area contributed by atoms with Gasteiger partial charge in [0.2, 0.25) is 0 Å². The first-order chi connectivity index (χ1) is 13.0. The molecular formula is C21H24N2O4. The Morgan fingerprint density at radius 2 is 1.89 bits per heavy atom. The van der Waals surface area contributed by atoms with Gasteiger partial charge in [0.1, 0.15) is 5.75 Å².